The van der Waals surface area contributed by atoms with Gasteiger partial charge in [-0.3, -0.25) is 0 Å². The summed E-state index contributed by atoms with van der Waals surface area (Å²) in [5.41, 5.74) is 0.483. The zero-order chi connectivity index (χ0) is 14.2. The van der Waals surface area contributed by atoms with E-state index in [0.717, 1.165) is 37.7 Å². The summed E-state index contributed by atoms with van der Waals surface area (Å²) in [6, 6.07) is 7.08. The normalized spacial score (nSPS) is 28.1. The van der Waals surface area contributed by atoms with Crippen LogP contribution in [-0.2, 0) is 14.8 Å². The van der Waals surface area contributed by atoms with Crippen LogP contribution in [0, 0.1) is 6.92 Å². The van der Waals surface area contributed by atoms with E-state index < -0.39 is 15.7 Å². The summed E-state index contributed by atoms with van der Waals surface area (Å²) in [4.78, 5) is 0.374. The Hall–Kier alpha value is -0.910. The van der Waals surface area contributed by atoms with Gasteiger partial charge in [-0.05, 0) is 51.2 Å². The van der Waals surface area contributed by atoms with Crippen LogP contribution in [0.5, 0.6) is 0 Å². The lowest BCUT2D eigenvalue weighted by atomic mass is 10.0. The quantitative estimate of drug-likeness (QED) is 0.842. The molecule has 0 N–H and O–H groups in total. The standard InChI is InChI=1S/C15H21NO3S/c1-13-5-7-14(8-6-13)20(17,18)16-11-4-10-15(16)9-2-3-12-19-15/h5-8H,2-4,9-12H2,1H3. The topological polar surface area (TPSA) is 46.6 Å². The van der Waals surface area contributed by atoms with Gasteiger partial charge in [-0.2, -0.15) is 4.31 Å². The van der Waals surface area contributed by atoms with Gasteiger partial charge in [0, 0.05) is 13.2 Å². The van der Waals surface area contributed by atoms with Crippen LogP contribution in [0.1, 0.15) is 37.7 Å². The molecule has 2 aliphatic heterocycles. The minimum Gasteiger partial charge on any atom is -0.359 e. The predicted molar refractivity (Wildman–Crippen MR) is 76.8 cm³/mol. The predicted octanol–water partition coefficient (Wildman–Crippen LogP) is 2.68. The van der Waals surface area contributed by atoms with E-state index in [4.69, 9.17) is 4.74 Å². The van der Waals surface area contributed by atoms with Gasteiger partial charge in [0.1, 0.15) is 5.72 Å². The Balaban J connectivity index is 1.95. The molecule has 110 valence electrons. The lowest BCUT2D eigenvalue weighted by Gasteiger charge is -2.40. The summed E-state index contributed by atoms with van der Waals surface area (Å²) in [7, 11) is -3.46. The van der Waals surface area contributed by atoms with Crippen molar-refractivity contribution in [2.75, 3.05) is 13.2 Å². The van der Waals surface area contributed by atoms with Crippen LogP contribution in [-0.4, -0.2) is 31.6 Å². The van der Waals surface area contributed by atoms with Crippen LogP contribution in [0.4, 0.5) is 0 Å². The number of hydrogen-bond acceptors (Lipinski definition) is 3. The minimum absolute atomic E-state index is 0.374. The molecular weight excluding hydrogens is 274 g/mol. The Labute approximate surface area is 120 Å². The van der Waals surface area contributed by atoms with Crippen LogP contribution in [0.15, 0.2) is 29.2 Å². The third kappa shape index (κ3) is 2.28. The molecule has 20 heavy (non-hydrogen) atoms. The molecule has 1 unspecified atom stereocenters. The van der Waals surface area contributed by atoms with Gasteiger partial charge in [-0.25, -0.2) is 8.42 Å². The lowest BCUT2D eigenvalue weighted by molar-refractivity contribution is -0.129. The molecule has 1 aromatic rings. The third-order valence-electron chi connectivity index (χ3n) is 4.32. The van der Waals surface area contributed by atoms with Crippen molar-refractivity contribution in [3.05, 3.63) is 29.8 Å². The number of rotatable bonds is 2. The molecule has 0 aromatic heterocycles. The minimum atomic E-state index is -3.46. The van der Waals surface area contributed by atoms with Gasteiger partial charge in [-0.1, -0.05) is 17.7 Å². The maximum atomic E-state index is 12.9. The molecule has 4 nitrogen and oxygen atoms in total. The molecule has 0 radical (unpaired) electrons. The number of sulfonamides is 1. The average molecular weight is 295 g/mol. The van der Waals surface area contributed by atoms with Crippen LogP contribution < -0.4 is 0 Å². The summed E-state index contributed by atoms with van der Waals surface area (Å²) < 4.78 is 33.2. The largest absolute Gasteiger partial charge is 0.359 e. The van der Waals surface area contributed by atoms with Crippen molar-refractivity contribution in [1.82, 2.24) is 4.31 Å². The Morgan fingerprint density at radius 1 is 1.10 bits per heavy atom. The Morgan fingerprint density at radius 2 is 1.80 bits per heavy atom. The molecule has 2 heterocycles. The molecule has 0 saturated carbocycles. The zero-order valence-corrected chi connectivity index (χ0v) is 12.7. The average Bonchev–Trinajstić information content (AvgIpc) is 2.84. The van der Waals surface area contributed by atoms with Gasteiger partial charge in [0.25, 0.3) is 0 Å². The molecule has 0 amide bonds. The monoisotopic (exact) mass is 295 g/mol. The summed E-state index contributed by atoms with van der Waals surface area (Å²) in [5.74, 6) is 0. The van der Waals surface area contributed by atoms with Gasteiger partial charge in [-0.15, -0.1) is 0 Å². The molecule has 1 spiro atoms. The van der Waals surface area contributed by atoms with Gasteiger partial charge < -0.3 is 4.74 Å². The molecular formula is C15H21NO3S. The number of hydrogen-bond donors (Lipinski definition) is 0. The highest BCUT2D eigenvalue weighted by Gasteiger charge is 2.49. The van der Waals surface area contributed by atoms with E-state index in [1.54, 1.807) is 16.4 Å². The van der Waals surface area contributed by atoms with Crippen molar-refractivity contribution in [2.45, 2.75) is 49.6 Å². The molecule has 5 heteroatoms. The van der Waals surface area contributed by atoms with Crippen molar-refractivity contribution >= 4 is 10.0 Å². The fraction of sp³-hybridized carbons (Fsp3) is 0.600. The van der Waals surface area contributed by atoms with E-state index in [1.807, 2.05) is 19.1 Å². The van der Waals surface area contributed by atoms with Gasteiger partial charge in [0.05, 0.1) is 4.90 Å². The van der Waals surface area contributed by atoms with E-state index in [1.165, 1.54) is 0 Å². The molecule has 2 fully saturated rings. The fourth-order valence-corrected chi connectivity index (χ4v) is 5.01. The Bertz CT molecular complexity index is 574. The Kier molecular flexibility index (Phi) is 3.60. The van der Waals surface area contributed by atoms with Gasteiger partial charge in [0.2, 0.25) is 10.0 Å². The molecule has 0 aliphatic carbocycles. The maximum Gasteiger partial charge on any atom is 0.245 e. The summed E-state index contributed by atoms with van der Waals surface area (Å²) in [6.45, 7) is 3.19. The van der Waals surface area contributed by atoms with E-state index in [-0.39, 0.29) is 0 Å². The van der Waals surface area contributed by atoms with E-state index in [0.29, 0.717) is 18.0 Å². The van der Waals surface area contributed by atoms with Crippen LogP contribution in [0.2, 0.25) is 0 Å². The van der Waals surface area contributed by atoms with Crippen molar-refractivity contribution in [2.24, 2.45) is 0 Å². The fourth-order valence-electron chi connectivity index (χ4n) is 3.24. The summed E-state index contributed by atoms with van der Waals surface area (Å²) in [5, 5.41) is 0. The SMILES string of the molecule is Cc1ccc(S(=O)(=O)N2CCCC23CCCCO3)cc1. The molecule has 2 aliphatic rings. The van der Waals surface area contributed by atoms with E-state index in [9.17, 15) is 8.42 Å². The molecule has 1 atom stereocenters. The second-order valence-electron chi connectivity index (χ2n) is 5.75. The molecule has 3 rings (SSSR count). The third-order valence-corrected chi connectivity index (χ3v) is 6.29. The summed E-state index contributed by atoms with van der Waals surface area (Å²) in [6.07, 6.45) is 4.58. The first-order valence-corrected chi connectivity index (χ1v) is 8.72. The molecule has 2 saturated heterocycles. The maximum absolute atomic E-state index is 12.9. The Morgan fingerprint density at radius 3 is 2.45 bits per heavy atom. The van der Waals surface area contributed by atoms with Gasteiger partial charge >= 0.3 is 0 Å². The van der Waals surface area contributed by atoms with Crippen LogP contribution in [0.3, 0.4) is 0 Å². The molecule has 0 bridgehead atoms. The summed E-state index contributed by atoms with van der Waals surface area (Å²) >= 11 is 0. The van der Waals surface area contributed by atoms with Crippen molar-refractivity contribution < 1.29 is 13.2 Å². The zero-order valence-electron chi connectivity index (χ0n) is 11.8. The number of aryl methyl sites for hydroxylation is 1. The highest BCUT2D eigenvalue weighted by molar-refractivity contribution is 7.89. The van der Waals surface area contributed by atoms with Gasteiger partial charge in [0.15, 0.2) is 0 Å². The van der Waals surface area contributed by atoms with Crippen LogP contribution in [0.25, 0.3) is 0 Å². The van der Waals surface area contributed by atoms with Crippen LogP contribution >= 0.6 is 0 Å². The highest BCUT2D eigenvalue weighted by atomic mass is 32.2. The number of nitrogens with zero attached hydrogens (tertiary/aromatic N) is 1. The van der Waals surface area contributed by atoms with Crippen molar-refractivity contribution in [3.8, 4) is 0 Å². The molecule has 1 aromatic carbocycles. The first kappa shape index (κ1) is 14.0. The van der Waals surface area contributed by atoms with E-state index >= 15 is 0 Å². The smallest absolute Gasteiger partial charge is 0.245 e. The first-order chi connectivity index (χ1) is 9.55. The van der Waals surface area contributed by atoms with Crippen molar-refractivity contribution in [1.29, 1.82) is 0 Å². The number of ether oxygens (including phenoxy) is 1. The first-order valence-electron chi connectivity index (χ1n) is 7.28. The lowest BCUT2D eigenvalue weighted by Crippen LogP contribution is -2.50. The second-order valence-corrected chi connectivity index (χ2v) is 7.61. The van der Waals surface area contributed by atoms with E-state index in [2.05, 4.69) is 0 Å². The van der Waals surface area contributed by atoms with Crippen molar-refractivity contribution in [3.63, 3.8) is 0 Å². The second kappa shape index (κ2) is 5.13. The number of benzene rings is 1. The highest BCUT2D eigenvalue weighted by Crippen LogP contribution is 2.41.